The van der Waals surface area contributed by atoms with Gasteiger partial charge in [0, 0.05) is 12.8 Å². The predicted octanol–water partition coefficient (Wildman–Crippen LogP) is 11.4. The maximum Gasteiger partial charge on any atom is 0.306 e. The van der Waals surface area contributed by atoms with Crippen LogP contribution in [0.3, 0.4) is 0 Å². The van der Waals surface area contributed by atoms with Gasteiger partial charge in [0.15, 0.2) is 6.10 Å². The molecule has 43 heavy (non-hydrogen) atoms. The van der Waals surface area contributed by atoms with E-state index in [9.17, 15) is 14.7 Å². The molecule has 0 radical (unpaired) electrons. The summed E-state index contributed by atoms with van der Waals surface area (Å²) in [5, 5.41) is 9.52. The molecule has 0 rings (SSSR count). The SMILES string of the molecule is CCCCCCCCCCCCCC(=O)O[C@@H](CO)COC(=O)CCCCCCCCCCCCCCCCCC(C)C. The summed E-state index contributed by atoms with van der Waals surface area (Å²) in [5.74, 6) is 0.276. The first-order valence-corrected chi connectivity index (χ1v) is 19.0. The van der Waals surface area contributed by atoms with Crippen LogP contribution in [-0.2, 0) is 19.1 Å². The van der Waals surface area contributed by atoms with Crippen LogP contribution in [-0.4, -0.2) is 36.4 Å². The Balaban J connectivity index is 3.49. The molecular formula is C38H74O5. The highest BCUT2D eigenvalue weighted by Crippen LogP contribution is 2.16. The Morgan fingerprint density at radius 1 is 0.512 bits per heavy atom. The van der Waals surface area contributed by atoms with E-state index in [0.717, 1.165) is 38.0 Å². The minimum absolute atomic E-state index is 0.0579. The van der Waals surface area contributed by atoms with Crippen molar-refractivity contribution in [2.24, 2.45) is 5.92 Å². The molecule has 0 saturated heterocycles. The third-order valence-corrected chi connectivity index (χ3v) is 8.58. The Morgan fingerprint density at radius 2 is 0.860 bits per heavy atom. The second kappa shape index (κ2) is 33.8. The molecule has 1 N–H and O–H groups in total. The van der Waals surface area contributed by atoms with E-state index in [0.29, 0.717) is 12.8 Å². The Bertz CT molecular complexity index is 591. The first-order chi connectivity index (χ1) is 21.0. The van der Waals surface area contributed by atoms with Crippen LogP contribution in [0, 0.1) is 5.92 Å². The second-order valence-electron chi connectivity index (χ2n) is 13.5. The number of aliphatic hydroxyl groups is 1. The van der Waals surface area contributed by atoms with Gasteiger partial charge in [-0.15, -0.1) is 0 Å². The van der Waals surface area contributed by atoms with Crippen molar-refractivity contribution in [1.82, 2.24) is 0 Å². The van der Waals surface area contributed by atoms with Gasteiger partial charge in [0.1, 0.15) is 6.61 Å². The maximum absolute atomic E-state index is 12.1. The number of ether oxygens (including phenoxy) is 2. The molecule has 0 aliphatic rings. The number of carbonyl (C=O) groups excluding carboxylic acids is 2. The fourth-order valence-corrected chi connectivity index (χ4v) is 5.68. The first-order valence-electron chi connectivity index (χ1n) is 19.0. The van der Waals surface area contributed by atoms with Crippen molar-refractivity contribution < 1.29 is 24.2 Å². The van der Waals surface area contributed by atoms with E-state index >= 15 is 0 Å². The fourth-order valence-electron chi connectivity index (χ4n) is 5.68. The molecule has 5 nitrogen and oxygen atoms in total. The van der Waals surface area contributed by atoms with Crippen LogP contribution in [0.4, 0.5) is 0 Å². The number of esters is 2. The van der Waals surface area contributed by atoms with Crippen LogP contribution in [0.2, 0.25) is 0 Å². The van der Waals surface area contributed by atoms with Gasteiger partial charge >= 0.3 is 11.9 Å². The molecule has 0 fully saturated rings. The van der Waals surface area contributed by atoms with Crippen molar-refractivity contribution in [3.63, 3.8) is 0 Å². The van der Waals surface area contributed by atoms with Crippen LogP contribution >= 0.6 is 0 Å². The minimum atomic E-state index is -0.760. The van der Waals surface area contributed by atoms with Gasteiger partial charge in [-0.25, -0.2) is 0 Å². The lowest BCUT2D eigenvalue weighted by molar-refractivity contribution is -0.161. The smallest absolute Gasteiger partial charge is 0.306 e. The molecule has 0 unspecified atom stereocenters. The topological polar surface area (TPSA) is 72.8 Å². The third-order valence-electron chi connectivity index (χ3n) is 8.58. The zero-order valence-electron chi connectivity index (χ0n) is 29.2. The van der Waals surface area contributed by atoms with Gasteiger partial charge in [0.25, 0.3) is 0 Å². The van der Waals surface area contributed by atoms with Crippen LogP contribution in [0.1, 0.15) is 207 Å². The third kappa shape index (κ3) is 33.6. The Morgan fingerprint density at radius 3 is 1.23 bits per heavy atom. The van der Waals surface area contributed by atoms with E-state index < -0.39 is 6.10 Å². The summed E-state index contributed by atoms with van der Waals surface area (Å²) in [6.45, 7) is 6.50. The molecule has 0 spiro atoms. The van der Waals surface area contributed by atoms with Gasteiger partial charge in [-0.1, -0.05) is 181 Å². The van der Waals surface area contributed by atoms with Crippen LogP contribution in [0.25, 0.3) is 0 Å². The van der Waals surface area contributed by atoms with E-state index in [1.807, 2.05) is 0 Å². The fraction of sp³-hybridized carbons (Fsp3) is 0.947. The molecule has 1 atom stereocenters. The number of hydrogen-bond donors (Lipinski definition) is 1. The van der Waals surface area contributed by atoms with Crippen molar-refractivity contribution in [2.75, 3.05) is 13.2 Å². The number of hydrogen-bond acceptors (Lipinski definition) is 5. The quantitative estimate of drug-likeness (QED) is 0.0579. The van der Waals surface area contributed by atoms with E-state index in [-0.39, 0.29) is 25.2 Å². The van der Waals surface area contributed by atoms with Crippen LogP contribution in [0.5, 0.6) is 0 Å². The molecule has 0 amide bonds. The number of rotatable bonds is 34. The number of unbranched alkanes of at least 4 members (excludes halogenated alkanes) is 24. The maximum atomic E-state index is 12.1. The molecule has 0 aromatic carbocycles. The largest absolute Gasteiger partial charge is 0.462 e. The molecule has 0 heterocycles. The second-order valence-corrected chi connectivity index (χ2v) is 13.5. The molecule has 0 bridgehead atoms. The summed E-state index contributed by atoms with van der Waals surface area (Å²) in [4.78, 5) is 24.2. The van der Waals surface area contributed by atoms with Gasteiger partial charge < -0.3 is 14.6 Å². The zero-order chi connectivity index (χ0) is 31.6. The Kier molecular flexibility index (Phi) is 32.9. The molecule has 256 valence electrons. The standard InChI is InChI=1S/C38H74O5/c1-4-5-6-7-8-9-15-20-23-26-29-32-38(41)43-36(33-39)34-42-37(40)31-28-25-22-19-17-14-12-10-11-13-16-18-21-24-27-30-35(2)3/h35-36,39H,4-34H2,1-3H3/t36-/m0/s1. The molecule has 0 aliphatic heterocycles. The van der Waals surface area contributed by atoms with Gasteiger partial charge in [-0.05, 0) is 18.8 Å². The lowest BCUT2D eigenvalue weighted by Crippen LogP contribution is -2.28. The summed E-state index contributed by atoms with van der Waals surface area (Å²) in [5.41, 5.74) is 0. The number of carbonyl (C=O) groups is 2. The van der Waals surface area contributed by atoms with E-state index in [1.54, 1.807) is 0 Å². The lowest BCUT2D eigenvalue weighted by Gasteiger charge is -2.15. The highest BCUT2D eigenvalue weighted by atomic mass is 16.6. The average Bonchev–Trinajstić information content (AvgIpc) is 2.99. The lowest BCUT2D eigenvalue weighted by atomic mass is 10.0. The van der Waals surface area contributed by atoms with Crippen molar-refractivity contribution in [1.29, 1.82) is 0 Å². The van der Waals surface area contributed by atoms with Gasteiger partial charge in [-0.3, -0.25) is 9.59 Å². The highest BCUT2D eigenvalue weighted by Gasteiger charge is 2.16. The molecule has 0 aromatic heterocycles. The molecule has 0 saturated carbocycles. The molecule has 0 aromatic rings. The Hall–Kier alpha value is -1.10. The summed E-state index contributed by atoms with van der Waals surface area (Å²) in [6.07, 6.45) is 34.5. The van der Waals surface area contributed by atoms with Gasteiger partial charge in [0.2, 0.25) is 0 Å². The molecule has 5 heteroatoms. The van der Waals surface area contributed by atoms with Crippen molar-refractivity contribution in [2.45, 2.75) is 213 Å². The predicted molar refractivity (Wildman–Crippen MR) is 182 cm³/mol. The molecule has 0 aliphatic carbocycles. The minimum Gasteiger partial charge on any atom is -0.462 e. The zero-order valence-corrected chi connectivity index (χ0v) is 29.2. The van der Waals surface area contributed by atoms with Crippen molar-refractivity contribution in [3.8, 4) is 0 Å². The van der Waals surface area contributed by atoms with E-state index in [2.05, 4.69) is 20.8 Å². The first kappa shape index (κ1) is 41.9. The normalized spacial score (nSPS) is 12.1. The van der Waals surface area contributed by atoms with E-state index in [4.69, 9.17) is 9.47 Å². The van der Waals surface area contributed by atoms with Gasteiger partial charge in [0.05, 0.1) is 6.61 Å². The summed E-state index contributed by atoms with van der Waals surface area (Å²) in [6, 6.07) is 0. The van der Waals surface area contributed by atoms with Gasteiger partial charge in [-0.2, -0.15) is 0 Å². The van der Waals surface area contributed by atoms with Crippen LogP contribution < -0.4 is 0 Å². The Labute approximate surface area is 268 Å². The summed E-state index contributed by atoms with van der Waals surface area (Å²) in [7, 11) is 0. The summed E-state index contributed by atoms with van der Waals surface area (Å²) >= 11 is 0. The summed E-state index contributed by atoms with van der Waals surface area (Å²) < 4.78 is 10.6. The average molecular weight is 611 g/mol. The molecular weight excluding hydrogens is 536 g/mol. The van der Waals surface area contributed by atoms with Crippen molar-refractivity contribution >= 4 is 11.9 Å². The highest BCUT2D eigenvalue weighted by molar-refractivity contribution is 5.70. The van der Waals surface area contributed by atoms with Crippen molar-refractivity contribution in [3.05, 3.63) is 0 Å². The van der Waals surface area contributed by atoms with Crippen LogP contribution in [0.15, 0.2) is 0 Å². The number of aliphatic hydroxyl groups excluding tert-OH is 1. The monoisotopic (exact) mass is 611 g/mol. The van der Waals surface area contributed by atoms with E-state index in [1.165, 1.54) is 141 Å².